The molecule has 0 aromatic carbocycles. The molecule has 3 rings (SSSR count). The molecule has 0 unspecified atom stereocenters. The van der Waals surface area contributed by atoms with E-state index < -0.39 is 0 Å². The highest BCUT2D eigenvalue weighted by molar-refractivity contribution is 5.40. The van der Waals surface area contributed by atoms with E-state index in [2.05, 4.69) is 36.1 Å². The van der Waals surface area contributed by atoms with Crippen LogP contribution < -0.4 is 5.73 Å². The van der Waals surface area contributed by atoms with Gasteiger partial charge in [0, 0.05) is 17.8 Å². The summed E-state index contributed by atoms with van der Waals surface area (Å²) in [5.41, 5.74) is 8.63. The summed E-state index contributed by atoms with van der Waals surface area (Å²) in [6.45, 7) is 6.87. The number of hydrogen-bond acceptors (Lipinski definition) is 4. The molecule has 0 aliphatic heterocycles. The summed E-state index contributed by atoms with van der Waals surface area (Å²) in [4.78, 5) is 4.57. The van der Waals surface area contributed by atoms with Gasteiger partial charge in [0.1, 0.15) is 5.65 Å². The second-order valence-corrected chi connectivity index (χ2v) is 5.93. The summed E-state index contributed by atoms with van der Waals surface area (Å²) >= 11 is 0. The zero-order valence-corrected chi connectivity index (χ0v) is 11.9. The van der Waals surface area contributed by atoms with Crippen LogP contribution in [-0.4, -0.2) is 24.4 Å². The average molecular weight is 270 g/mol. The van der Waals surface area contributed by atoms with Crippen molar-refractivity contribution in [1.29, 1.82) is 0 Å². The molecule has 0 aliphatic carbocycles. The molecule has 2 N–H and O–H groups in total. The fraction of sp³-hybridized carbons (Fsp3) is 0.357. The number of rotatable bonds is 2. The Morgan fingerprint density at radius 3 is 2.75 bits per heavy atom. The zero-order valence-electron chi connectivity index (χ0n) is 11.9. The molecule has 0 saturated carbocycles. The number of nitrogen functional groups attached to an aromatic ring is 1. The minimum Gasteiger partial charge on any atom is -0.381 e. The Kier molecular flexibility index (Phi) is 2.74. The third-order valence-electron chi connectivity index (χ3n) is 3.20. The van der Waals surface area contributed by atoms with Crippen molar-refractivity contribution in [2.75, 3.05) is 5.73 Å². The monoisotopic (exact) mass is 270 g/mol. The number of aromatic nitrogens is 5. The van der Waals surface area contributed by atoms with E-state index in [9.17, 15) is 0 Å². The lowest BCUT2D eigenvalue weighted by atomic mass is 9.92. The number of nitrogens with two attached hydrogens (primary N) is 1. The van der Waals surface area contributed by atoms with Gasteiger partial charge in [0.15, 0.2) is 5.82 Å². The van der Waals surface area contributed by atoms with Crippen LogP contribution in [0.25, 0.3) is 5.65 Å². The molecule has 6 heteroatoms. The van der Waals surface area contributed by atoms with Crippen LogP contribution in [0.2, 0.25) is 0 Å². The molecule has 3 aromatic rings. The highest BCUT2D eigenvalue weighted by Gasteiger charge is 2.24. The third-order valence-corrected chi connectivity index (χ3v) is 3.20. The lowest BCUT2D eigenvalue weighted by molar-refractivity contribution is 0.500. The van der Waals surface area contributed by atoms with E-state index in [1.54, 1.807) is 0 Å². The first-order valence-corrected chi connectivity index (χ1v) is 6.57. The van der Waals surface area contributed by atoms with Gasteiger partial charge in [0.25, 0.3) is 0 Å². The third kappa shape index (κ3) is 2.13. The van der Waals surface area contributed by atoms with Crippen molar-refractivity contribution < 1.29 is 0 Å². The van der Waals surface area contributed by atoms with Crippen molar-refractivity contribution in [2.45, 2.75) is 32.7 Å². The molecule has 0 bridgehead atoms. The molecule has 0 spiro atoms. The number of imidazole rings is 1. The maximum Gasteiger partial charge on any atom is 0.169 e. The molecule has 0 saturated heterocycles. The molecule has 0 fully saturated rings. The molecule has 3 aromatic heterocycles. The van der Waals surface area contributed by atoms with E-state index in [1.165, 1.54) is 0 Å². The van der Waals surface area contributed by atoms with E-state index in [0.29, 0.717) is 12.4 Å². The van der Waals surface area contributed by atoms with Crippen LogP contribution in [0.4, 0.5) is 5.82 Å². The average Bonchev–Trinajstić information content (AvgIpc) is 2.91. The lowest BCUT2D eigenvalue weighted by Crippen LogP contribution is -2.20. The Morgan fingerprint density at radius 2 is 2.05 bits per heavy atom. The molecule has 6 nitrogen and oxygen atoms in total. The van der Waals surface area contributed by atoms with Crippen molar-refractivity contribution in [3.8, 4) is 0 Å². The van der Waals surface area contributed by atoms with Crippen molar-refractivity contribution >= 4 is 11.5 Å². The summed E-state index contributed by atoms with van der Waals surface area (Å²) < 4.78 is 3.82. The molecule has 104 valence electrons. The zero-order chi connectivity index (χ0) is 14.3. The number of nitrogens with zero attached hydrogens (tertiary/aromatic N) is 5. The van der Waals surface area contributed by atoms with Crippen LogP contribution in [0.1, 0.15) is 32.2 Å². The molecule has 0 atom stereocenters. The molecular weight excluding hydrogens is 252 g/mol. The van der Waals surface area contributed by atoms with E-state index in [1.807, 2.05) is 39.7 Å². The van der Waals surface area contributed by atoms with Gasteiger partial charge in [0.2, 0.25) is 0 Å². The van der Waals surface area contributed by atoms with Gasteiger partial charge in [0.05, 0.1) is 17.9 Å². The van der Waals surface area contributed by atoms with Crippen molar-refractivity contribution in [1.82, 2.24) is 24.4 Å². The summed E-state index contributed by atoms with van der Waals surface area (Å²) in [5.74, 6) is 0.487. The predicted molar refractivity (Wildman–Crippen MR) is 77.4 cm³/mol. The maximum absolute atomic E-state index is 5.94. The first-order valence-electron chi connectivity index (χ1n) is 6.57. The Morgan fingerprint density at radius 1 is 1.25 bits per heavy atom. The first-order chi connectivity index (χ1) is 9.45. The second kappa shape index (κ2) is 4.33. The van der Waals surface area contributed by atoms with Crippen LogP contribution >= 0.6 is 0 Å². The topological polar surface area (TPSA) is 74.0 Å². The van der Waals surface area contributed by atoms with Crippen molar-refractivity contribution in [2.24, 2.45) is 0 Å². The number of fused-ring (bicyclic) bond motifs is 1. The van der Waals surface area contributed by atoms with Gasteiger partial charge in [-0.1, -0.05) is 32.1 Å². The van der Waals surface area contributed by atoms with Crippen LogP contribution in [0, 0.1) is 0 Å². The van der Waals surface area contributed by atoms with Gasteiger partial charge in [-0.25, -0.2) is 9.67 Å². The highest BCUT2D eigenvalue weighted by Crippen LogP contribution is 2.26. The summed E-state index contributed by atoms with van der Waals surface area (Å²) in [5, 5.41) is 8.13. The lowest BCUT2D eigenvalue weighted by Gasteiger charge is -2.19. The molecule has 3 heterocycles. The minimum atomic E-state index is -0.104. The van der Waals surface area contributed by atoms with Crippen molar-refractivity contribution in [3.05, 3.63) is 42.0 Å². The van der Waals surface area contributed by atoms with Crippen molar-refractivity contribution in [3.63, 3.8) is 0 Å². The SMILES string of the molecule is CC(C)(C)c1c(N)nnn1Cc1cn2ccccc2n1. The molecule has 20 heavy (non-hydrogen) atoms. The van der Waals surface area contributed by atoms with E-state index in [-0.39, 0.29) is 5.41 Å². The predicted octanol–water partition coefficient (Wildman–Crippen LogP) is 1.85. The molecule has 0 aliphatic rings. The fourth-order valence-electron chi connectivity index (χ4n) is 2.43. The maximum atomic E-state index is 5.94. The number of hydrogen-bond donors (Lipinski definition) is 1. The van der Waals surface area contributed by atoms with Gasteiger partial charge < -0.3 is 10.1 Å². The normalized spacial score (nSPS) is 12.2. The van der Waals surface area contributed by atoms with Gasteiger partial charge in [-0.05, 0) is 12.1 Å². The van der Waals surface area contributed by atoms with Gasteiger partial charge in [-0.15, -0.1) is 5.10 Å². The van der Waals surface area contributed by atoms with E-state index in [0.717, 1.165) is 17.0 Å². The van der Waals surface area contributed by atoms with Crippen LogP contribution in [0.15, 0.2) is 30.6 Å². The van der Waals surface area contributed by atoms with Gasteiger partial charge in [-0.2, -0.15) is 0 Å². The highest BCUT2D eigenvalue weighted by atomic mass is 15.4. The fourth-order valence-corrected chi connectivity index (χ4v) is 2.43. The largest absolute Gasteiger partial charge is 0.381 e. The van der Waals surface area contributed by atoms with Crippen LogP contribution in [-0.2, 0) is 12.0 Å². The van der Waals surface area contributed by atoms with Crippen LogP contribution in [0.5, 0.6) is 0 Å². The number of pyridine rings is 1. The number of anilines is 1. The smallest absolute Gasteiger partial charge is 0.169 e. The quantitative estimate of drug-likeness (QED) is 0.771. The summed E-state index contributed by atoms with van der Waals surface area (Å²) in [6, 6.07) is 5.93. The standard InChI is InChI=1S/C14H18N6/c1-14(2,3)12-13(15)17-18-20(12)9-10-8-19-7-5-4-6-11(19)16-10/h4-8H,9,15H2,1-3H3. The van der Waals surface area contributed by atoms with Gasteiger partial charge in [-0.3, -0.25) is 0 Å². The van der Waals surface area contributed by atoms with Gasteiger partial charge >= 0.3 is 0 Å². The molecule has 0 amide bonds. The first kappa shape index (κ1) is 12.7. The minimum absolute atomic E-state index is 0.104. The summed E-state index contributed by atoms with van der Waals surface area (Å²) in [6.07, 6.45) is 3.98. The van der Waals surface area contributed by atoms with E-state index >= 15 is 0 Å². The Hall–Kier alpha value is -2.37. The molecule has 0 radical (unpaired) electrons. The van der Waals surface area contributed by atoms with E-state index in [4.69, 9.17) is 5.73 Å². The Bertz CT molecular complexity index is 713. The Labute approximate surface area is 117 Å². The van der Waals surface area contributed by atoms with Crippen LogP contribution in [0.3, 0.4) is 0 Å². The summed E-state index contributed by atoms with van der Waals surface area (Å²) in [7, 11) is 0. The Balaban J connectivity index is 1.99. The second-order valence-electron chi connectivity index (χ2n) is 5.93. The molecular formula is C14H18N6.